The second-order valence-corrected chi connectivity index (χ2v) is 5.70. The van der Waals surface area contributed by atoms with Crippen LogP contribution in [0.4, 0.5) is 0 Å². The van der Waals surface area contributed by atoms with Gasteiger partial charge in [0, 0.05) is 12.3 Å². The molecular weight excluding hydrogens is 294 g/mol. The fourth-order valence-corrected chi connectivity index (χ4v) is 2.54. The molecule has 1 unspecified atom stereocenters. The van der Waals surface area contributed by atoms with Gasteiger partial charge in [-0.1, -0.05) is 29.8 Å². The third-order valence-electron chi connectivity index (χ3n) is 3.72. The van der Waals surface area contributed by atoms with Gasteiger partial charge in [0.1, 0.15) is 18.5 Å². The van der Waals surface area contributed by atoms with Gasteiger partial charge in [0.05, 0.1) is 26.4 Å². The first kappa shape index (κ1) is 15.8. The van der Waals surface area contributed by atoms with Gasteiger partial charge < -0.3 is 18.8 Å². The van der Waals surface area contributed by atoms with Crippen LogP contribution in [0.25, 0.3) is 0 Å². The van der Waals surface area contributed by atoms with Crippen molar-refractivity contribution in [3.8, 4) is 5.75 Å². The summed E-state index contributed by atoms with van der Waals surface area (Å²) in [5.74, 6) is 0.560. The normalized spacial score (nSPS) is 17.9. The molecule has 122 valence electrons. The van der Waals surface area contributed by atoms with Crippen molar-refractivity contribution in [2.45, 2.75) is 19.6 Å². The van der Waals surface area contributed by atoms with Crippen LogP contribution in [-0.2, 0) is 16.0 Å². The molecule has 0 aliphatic carbocycles. The number of hydrogen-bond acceptors (Lipinski definition) is 4. The largest absolute Gasteiger partial charge is 0.491 e. The maximum Gasteiger partial charge on any atom is 0.254 e. The number of aryl methyl sites for hydroxylation is 1. The molecule has 0 spiro atoms. The average molecular weight is 315 g/mol. The van der Waals surface area contributed by atoms with Crippen LogP contribution < -0.4 is 10.3 Å². The van der Waals surface area contributed by atoms with Crippen LogP contribution in [0.2, 0.25) is 0 Å². The maximum atomic E-state index is 12.2. The van der Waals surface area contributed by atoms with Crippen molar-refractivity contribution in [1.82, 2.24) is 4.57 Å². The lowest BCUT2D eigenvalue weighted by Gasteiger charge is -2.22. The van der Waals surface area contributed by atoms with E-state index in [9.17, 15) is 4.79 Å². The number of nitrogens with zero attached hydrogens (tertiary/aromatic N) is 1. The van der Waals surface area contributed by atoms with Crippen molar-refractivity contribution in [3.63, 3.8) is 0 Å². The summed E-state index contributed by atoms with van der Waals surface area (Å²) in [6.45, 7) is 4.74. The number of rotatable bonds is 5. The summed E-state index contributed by atoms with van der Waals surface area (Å²) in [7, 11) is 0. The molecule has 5 heteroatoms. The summed E-state index contributed by atoms with van der Waals surface area (Å²) in [5, 5.41) is 0. The van der Waals surface area contributed by atoms with Crippen LogP contribution in [0, 0.1) is 6.92 Å². The standard InChI is InChI=1S/C18H21NO4/c1-14-3-2-4-15(9-14)11-19-6-5-16(10-18(19)20)23-13-17-12-21-7-8-22-17/h2-6,9-10,17H,7-8,11-13H2,1H3. The molecule has 1 atom stereocenters. The quantitative estimate of drug-likeness (QED) is 0.847. The zero-order valence-electron chi connectivity index (χ0n) is 13.2. The van der Waals surface area contributed by atoms with Crippen molar-refractivity contribution >= 4 is 0 Å². The molecule has 5 nitrogen and oxygen atoms in total. The lowest BCUT2D eigenvalue weighted by molar-refractivity contribution is -0.101. The topological polar surface area (TPSA) is 49.7 Å². The van der Waals surface area contributed by atoms with Gasteiger partial charge in [0.25, 0.3) is 5.56 Å². The Bertz CT molecular complexity index is 704. The van der Waals surface area contributed by atoms with Gasteiger partial charge >= 0.3 is 0 Å². The molecule has 1 aliphatic rings. The first-order valence-corrected chi connectivity index (χ1v) is 7.79. The highest BCUT2D eigenvalue weighted by Gasteiger charge is 2.15. The second-order valence-electron chi connectivity index (χ2n) is 5.70. The van der Waals surface area contributed by atoms with Gasteiger partial charge in [0.2, 0.25) is 0 Å². The van der Waals surface area contributed by atoms with Gasteiger partial charge in [-0.15, -0.1) is 0 Å². The molecule has 2 aromatic rings. The molecule has 0 amide bonds. The Labute approximate surface area is 135 Å². The van der Waals surface area contributed by atoms with E-state index in [1.165, 1.54) is 11.6 Å². The Hall–Kier alpha value is -2.11. The fourth-order valence-electron chi connectivity index (χ4n) is 2.54. The van der Waals surface area contributed by atoms with E-state index in [0.29, 0.717) is 38.7 Å². The van der Waals surface area contributed by atoms with Crippen molar-refractivity contribution in [2.24, 2.45) is 0 Å². The molecule has 1 aromatic heterocycles. The summed E-state index contributed by atoms with van der Waals surface area (Å²) < 4.78 is 18.1. The highest BCUT2D eigenvalue weighted by atomic mass is 16.6. The van der Waals surface area contributed by atoms with Crippen LogP contribution in [0.15, 0.2) is 47.4 Å². The SMILES string of the molecule is Cc1cccc(Cn2ccc(OCC3COCCO3)cc2=O)c1. The Kier molecular flexibility index (Phi) is 5.10. The van der Waals surface area contributed by atoms with Crippen LogP contribution in [0.3, 0.4) is 0 Å². The Balaban J connectivity index is 1.62. The highest BCUT2D eigenvalue weighted by molar-refractivity contribution is 5.24. The van der Waals surface area contributed by atoms with E-state index >= 15 is 0 Å². The highest BCUT2D eigenvalue weighted by Crippen LogP contribution is 2.10. The minimum Gasteiger partial charge on any atom is -0.491 e. The van der Waals surface area contributed by atoms with E-state index in [2.05, 4.69) is 6.07 Å². The fraction of sp³-hybridized carbons (Fsp3) is 0.389. The van der Waals surface area contributed by atoms with E-state index in [1.54, 1.807) is 16.8 Å². The molecule has 1 saturated heterocycles. The lowest BCUT2D eigenvalue weighted by atomic mass is 10.1. The van der Waals surface area contributed by atoms with E-state index in [1.807, 2.05) is 25.1 Å². The molecular formula is C18H21NO4. The van der Waals surface area contributed by atoms with Gasteiger partial charge in [0.15, 0.2) is 0 Å². The van der Waals surface area contributed by atoms with Crippen LogP contribution in [0.5, 0.6) is 5.75 Å². The number of ether oxygens (including phenoxy) is 3. The van der Waals surface area contributed by atoms with Gasteiger partial charge in [-0.2, -0.15) is 0 Å². The van der Waals surface area contributed by atoms with Gasteiger partial charge in [-0.05, 0) is 18.6 Å². The minimum atomic E-state index is -0.0789. The Morgan fingerprint density at radius 2 is 2.17 bits per heavy atom. The van der Waals surface area contributed by atoms with Crippen molar-refractivity contribution in [1.29, 1.82) is 0 Å². The number of hydrogen-bond donors (Lipinski definition) is 0. The lowest BCUT2D eigenvalue weighted by Crippen LogP contribution is -2.33. The summed E-state index contributed by atoms with van der Waals surface area (Å²) >= 11 is 0. The zero-order valence-corrected chi connectivity index (χ0v) is 13.2. The van der Waals surface area contributed by atoms with Gasteiger partial charge in [-0.3, -0.25) is 4.79 Å². The monoisotopic (exact) mass is 315 g/mol. The summed E-state index contributed by atoms with van der Waals surface area (Å²) in [6, 6.07) is 11.5. The molecule has 3 rings (SSSR count). The van der Waals surface area contributed by atoms with E-state index < -0.39 is 0 Å². The van der Waals surface area contributed by atoms with E-state index in [4.69, 9.17) is 14.2 Å². The molecule has 1 aliphatic heterocycles. The number of aromatic nitrogens is 1. The summed E-state index contributed by atoms with van der Waals surface area (Å²) in [6.07, 6.45) is 1.69. The van der Waals surface area contributed by atoms with E-state index in [0.717, 1.165) is 5.56 Å². The average Bonchev–Trinajstić information content (AvgIpc) is 2.56. The van der Waals surface area contributed by atoms with Crippen molar-refractivity contribution in [3.05, 3.63) is 64.1 Å². The molecule has 1 aromatic carbocycles. The molecule has 0 bridgehead atoms. The maximum absolute atomic E-state index is 12.2. The molecule has 1 fully saturated rings. The van der Waals surface area contributed by atoms with Crippen molar-refractivity contribution < 1.29 is 14.2 Å². The van der Waals surface area contributed by atoms with Crippen molar-refractivity contribution in [2.75, 3.05) is 26.4 Å². The molecule has 0 saturated carbocycles. The number of pyridine rings is 1. The van der Waals surface area contributed by atoms with Crippen LogP contribution in [-0.4, -0.2) is 37.1 Å². The summed E-state index contributed by atoms with van der Waals surface area (Å²) in [4.78, 5) is 12.2. The number of benzene rings is 1. The molecule has 0 N–H and O–H groups in total. The molecule has 2 heterocycles. The minimum absolute atomic E-state index is 0.0709. The predicted molar refractivity (Wildman–Crippen MR) is 87.0 cm³/mol. The van der Waals surface area contributed by atoms with Crippen LogP contribution in [0.1, 0.15) is 11.1 Å². The summed E-state index contributed by atoms with van der Waals surface area (Å²) in [5.41, 5.74) is 2.21. The first-order chi connectivity index (χ1) is 11.2. The molecule has 0 radical (unpaired) electrons. The smallest absolute Gasteiger partial charge is 0.254 e. The van der Waals surface area contributed by atoms with E-state index in [-0.39, 0.29) is 11.7 Å². The van der Waals surface area contributed by atoms with Crippen LogP contribution >= 0.6 is 0 Å². The van der Waals surface area contributed by atoms with Gasteiger partial charge in [-0.25, -0.2) is 0 Å². The zero-order chi connectivity index (χ0) is 16.1. The molecule has 23 heavy (non-hydrogen) atoms. The Morgan fingerprint density at radius 3 is 2.91 bits per heavy atom. The second kappa shape index (κ2) is 7.44. The Morgan fingerprint density at radius 1 is 1.26 bits per heavy atom. The third-order valence-corrected chi connectivity index (χ3v) is 3.72. The third kappa shape index (κ3) is 4.43. The first-order valence-electron chi connectivity index (χ1n) is 7.79. The predicted octanol–water partition coefficient (Wildman–Crippen LogP) is 2.00.